The molecule has 2 aliphatic rings. The Morgan fingerprint density at radius 2 is 1.85 bits per heavy atom. The van der Waals surface area contributed by atoms with Crippen LogP contribution in [0, 0.1) is 11.3 Å². The van der Waals surface area contributed by atoms with Gasteiger partial charge in [0.2, 0.25) is 0 Å². The van der Waals surface area contributed by atoms with Gasteiger partial charge in [-0.1, -0.05) is 6.42 Å². The molecule has 2 fully saturated rings. The van der Waals surface area contributed by atoms with Crippen LogP contribution in [0.1, 0.15) is 37.7 Å². The van der Waals surface area contributed by atoms with Gasteiger partial charge in [-0.2, -0.15) is 5.26 Å². The number of rotatable bonds is 2. The average Bonchev–Trinajstić information content (AvgIpc) is 2.56. The van der Waals surface area contributed by atoms with Gasteiger partial charge in [0.1, 0.15) is 11.9 Å². The van der Waals surface area contributed by atoms with Crippen molar-refractivity contribution >= 4 is 5.82 Å². The second-order valence-corrected chi connectivity index (χ2v) is 5.80. The van der Waals surface area contributed by atoms with Crippen molar-refractivity contribution in [1.29, 1.82) is 5.26 Å². The highest BCUT2D eigenvalue weighted by atomic mass is 15.2. The first kappa shape index (κ1) is 13.4. The third-order valence-electron chi connectivity index (χ3n) is 4.58. The van der Waals surface area contributed by atoms with Crippen molar-refractivity contribution < 1.29 is 0 Å². The van der Waals surface area contributed by atoms with E-state index in [-0.39, 0.29) is 0 Å². The molecule has 0 aromatic carbocycles. The summed E-state index contributed by atoms with van der Waals surface area (Å²) >= 11 is 0. The van der Waals surface area contributed by atoms with E-state index >= 15 is 0 Å². The Bertz CT molecular complexity index is 479. The molecule has 2 saturated heterocycles. The van der Waals surface area contributed by atoms with Gasteiger partial charge in [0.25, 0.3) is 0 Å². The number of hydrogen-bond acceptors (Lipinski definition) is 4. The normalized spacial score (nSPS) is 21.6. The molecule has 1 aromatic rings. The Morgan fingerprint density at radius 1 is 1.10 bits per heavy atom. The van der Waals surface area contributed by atoms with Crippen molar-refractivity contribution in [2.75, 3.05) is 31.1 Å². The van der Waals surface area contributed by atoms with E-state index in [1.165, 1.54) is 45.2 Å². The second-order valence-electron chi connectivity index (χ2n) is 5.80. The van der Waals surface area contributed by atoms with E-state index in [4.69, 9.17) is 0 Å². The summed E-state index contributed by atoms with van der Waals surface area (Å²) in [7, 11) is 0. The van der Waals surface area contributed by atoms with E-state index in [1.54, 1.807) is 6.20 Å². The summed E-state index contributed by atoms with van der Waals surface area (Å²) < 4.78 is 0. The number of nitriles is 1. The SMILES string of the molecule is N#Cc1cccnc1N1CCC(N2CCCCC2)CC1. The molecular weight excluding hydrogens is 248 g/mol. The van der Waals surface area contributed by atoms with Crippen LogP contribution < -0.4 is 4.90 Å². The van der Waals surface area contributed by atoms with Crippen molar-refractivity contribution in [3.63, 3.8) is 0 Å². The quantitative estimate of drug-likeness (QED) is 0.827. The third kappa shape index (κ3) is 2.78. The summed E-state index contributed by atoms with van der Waals surface area (Å²) in [4.78, 5) is 9.35. The second kappa shape index (κ2) is 6.23. The fourth-order valence-corrected chi connectivity index (χ4v) is 3.46. The highest BCUT2D eigenvalue weighted by Crippen LogP contribution is 2.25. The van der Waals surface area contributed by atoms with Gasteiger partial charge in [-0.15, -0.1) is 0 Å². The molecular formula is C16H22N4. The van der Waals surface area contributed by atoms with E-state index in [0.29, 0.717) is 5.56 Å². The minimum atomic E-state index is 0.698. The van der Waals surface area contributed by atoms with Crippen LogP contribution >= 0.6 is 0 Å². The molecule has 2 aliphatic heterocycles. The van der Waals surface area contributed by atoms with Gasteiger partial charge in [0.05, 0.1) is 5.56 Å². The van der Waals surface area contributed by atoms with Crippen LogP contribution in [0.15, 0.2) is 18.3 Å². The monoisotopic (exact) mass is 270 g/mol. The fraction of sp³-hybridized carbons (Fsp3) is 0.625. The smallest absolute Gasteiger partial charge is 0.146 e. The van der Waals surface area contributed by atoms with Crippen LogP contribution in [0.4, 0.5) is 5.82 Å². The first-order valence-corrected chi connectivity index (χ1v) is 7.72. The standard InChI is InChI=1S/C16H22N4/c17-13-14-5-4-8-18-16(14)20-11-6-15(7-12-20)19-9-2-1-3-10-19/h4-5,8,15H,1-3,6-7,9-12H2. The minimum Gasteiger partial charge on any atom is -0.355 e. The predicted octanol–water partition coefficient (Wildman–Crippen LogP) is 2.41. The molecule has 0 radical (unpaired) electrons. The molecule has 0 aliphatic carbocycles. The number of likely N-dealkylation sites (tertiary alicyclic amines) is 1. The summed E-state index contributed by atoms with van der Waals surface area (Å²) in [6.07, 6.45) is 8.29. The Morgan fingerprint density at radius 3 is 2.55 bits per heavy atom. The van der Waals surface area contributed by atoms with Gasteiger partial charge in [-0.05, 0) is 50.9 Å². The van der Waals surface area contributed by atoms with Gasteiger partial charge in [-0.25, -0.2) is 4.98 Å². The lowest BCUT2D eigenvalue weighted by molar-refractivity contribution is 0.141. The Kier molecular flexibility index (Phi) is 4.17. The van der Waals surface area contributed by atoms with Crippen molar-refractivity contribution in [2.24, 2.45) is 0 Å². The summed E-state index contributed by atoms with van der Waals surface area (Å²) in [5.41, 5.74) is 0.698. The van der Waals surface area contributed by atoms with Crippen LogP contribution in [0.2, 0.25) is 0 Å². The third-order valence-corrected chi connectivity index (χ3v) is 4.58. The molecule has 0 bridgehead atoms. The van der Waals surface area contributed by atoms with Crippen LogP contribution in [0.5, 0.6) is 0 Å². The Balaban J connectivity index is 1.62. The molecule has 106 valence electrons. The molecule has 1 aromatic heterocycles. The Labute approximate surface area is 121 Å². The van der Waals surface area contributed by atoms with E-state index in [0.717, 1.165) is 24.9 Å². The number of pyridine rings is 1. The first-order chi connectivity index (χ1) is 9.88. The molecule has 4 nitrogen and oxygen atoms in total. The summed E-state index contributed by atoms with van der Waals surface area (Å²) in [6.45, 7) is 4.59. The largest absolute Gasteiger partial charge is 0.355 e. The number of aromatic nitrogens is 1. The maximum Gasteiger partial charge on any atom is 0.146 e. The highest BCUT2D eigenvalue weighted by molar-refractivity contribution is 5.53. The summed E-state index contributed by atoms with van der Waals surface area (Å²) in [5.74, 6) is 0.868. The lowest BCUT2D eigenvalue weighted by Gasteiger charge is -2.40. The fourth-order valence-electron chi connectivity index (χ4n) is 3.46. The number of hydrogen-bond donors (Lipinski definition) is 0. The summed E-state index contributed by atoms with van der Waals surface area (Å²) in [6, 6.07) is 6.69. The highest BCUT2D eigenvalue weighted by Gasteiger charge is 2.26. The molecule has 0 N–H and O–H groups in total. The zero-order valence-corrected chi connectivity index (χ0v) is 12.0. The van der Waals surface area contributed by atoms with E-state index in [9.17, 15) is 5.26 Å². The van der Waals surface area contributed by atoms with E-state index in [2.05, 4.69) is 20.9 Å². The average molecular weight is 270 g/mol. The first-order valence-electron chi connectivity index (χ1n) is 7.72. The van der Waals surface area contributed by atoms with Crippen LogP contribution in [0.25, 0.3) is 0 Å². The molecule has 0 atom stereocenters. The number of anilines is 1. The Hall–Kier alpha value is -1.60. The lowest BCUT2D eigenvalue weighted by atomic mass is 9.99. The van der Waals surface area contributed by atoms with Gasteiger partial charge in [0.15, 0.2) is 0 Å². The maximum atomic E-state index is 9.18. The topological polar surface area (TPSA) is 43.2 Å². The van der Waals surface area contributed by atoms with Gasteiger partial charge in [-0.3, -0.25) is 0 Å². The zero-order chi connectivity index (χ0) is 13.8. The van der Waals surface area contributed by atoms with Gasteiger partial charge in [0, 0.05) is 25.3 Å². The van der Waals surface area contributed by atoms with Crippen LogP contribution in [-0.2, 0) is 0 Å². The summed E-state index contributed by atoms with van der Waals surface area (Å²) in [5, 5.41) is 9.18. The zero-order valence-electron chi connectivity index (χ0n) is 12.0. The van der Waals surface area contributed by atoms with Crippen molar-refractivity contribution in [2.45, 2.75) is 38.1 Å². The van der Waals surface area contributed by atoms with Crippen molar-refractivity contribution in [1.82, 2.24) is 9.88 Å². The van der Waals surface area contributed by atoms with Gasteiger partial charge >= 0.3 is 0 Å². The van der Waals surface area contributed by atoms with Crippen molar-refractivity contribution in [3.8, 4) is 6.07 Å². The molecule has 3 rings (SSSR count). The molecule has 0 saturated carbocycles. The van der Waals surface area contributed by atoms with Gasteiger partial charge < -0.3 is 9.80 Å². The van der Waals surface area contributed by atoms with Crippen LogP contribution in [0.3, 0.4) is 0 Å². The predicted molar refractivity (Wildman–Crippen MR) is 79.6 cm³/mol. The van der Waals surface area contributed by atoms with Crippen LogP contribution in [-0.4, -0.2) is 42.1 Å². The van der Waals surface area contributed by atoms with Crippen molar-refractivity contribution in [3.05, 3.63) is 23.9 Å². The van der Waals surface area contributed by atoms with E-state index < -0.39 is 0 Å². The minimum absolute atomic E-state index is 0.698. The molecule has 3 heterocycles. The number of nitrogens with zero attached hydrogens (tertiary/aromatic N) is 4. The lowest BCUT2D eigenvalue weighted by Crippen LogP contribution is -2.47. The molecule has 0 amide bonds. The molecule has 20 heavy (non-hydrogen) atoms. The molecule has 4 heteroatoms. The number of piperidine rings is 2. The van der Waals surface area contributed by atoms with E-state index in [1.807, 2.05) is 12.1 Å². The molecule has 0 unspecified atom stereocenters. The molecule has 0 spiro atoms. The maximum absolute atomic E-state index is 9.18.